The summed E-state index contributed by atoms with van der Waals surface area (Å²) in [5.74, 6) is 0.0911. The van der Waals surface area contributed by atoms with Gasteiger partial charge >= 0.3 is 0 Å². The van der Waals surface area contributed by atoms with Crippen LogP contribution in [0.1, 0.15) is 11.1 Å². The summed E-state index contributed by atoms with van der Waals surface area (Å²) in [4.78, 5) is 23.3. The number of rotatable bonds is 4. The number of hydrogen-bond donors (Lipinski definition) is 1. The lowest BCUT2D eigenvalue weighted by molar-refractivity contribution is -0.111. The third-order valence-corrected chi connectivity index (χ3v) is 4.88. The molecular formula is C26H18BO3. The molecule has 2 aliphatic rings. The summed E-state index contributed by atoms with van der Waals surface area (Å²) in [6, 6.07) is 16.9. The average molecular weight is 389 g/mol. The third kappa shape index (κ3) is 4.39. The summed E-state index contributed by atoms with van der Waals surface area (Å²) in [5, 5.41) is 9.71. The van der Waals surface area contributed by atoms with E-state index in [0.29, 0.717) is 0 Å². The molecule has 4 heteroatoms. The van der Waals surface area contributed by atoms with Gasteiger partial charge < -0.3 is 5.11 Å². The zero-order valence-electron chi connectivity index (χ0n) is 16.2. The van der Waals surface area contributed by atoms with Crippen molar-refractivity contribution in [2.45, 2.75) is 0 Å². The molecule has 0 saturated carbocycles. The number of aromatic hydroxyl groups is 1. The van der Waals surface area contributed by atoms with Crippen molar-refractivity contribution in [3.05, 3.63) is 125 Å². The standard InChI is InChI=1S/C26H18BO3/c28-22-12-6-19(7-13-22)25(18-4-2-1-3-5-18)27-26(20-8-14-23(29)15-9-20)21-10-16-24(30)17-11-21/h1-17,29H. The first-order valence-electron chi connectivity index (χ1n) is 9.58. The Kier molecular flexibility index (Phi) is 5.58. The van der Waals surface area contributed by atoms with E-state index in [1.807, 2.05) is 54.6 Å². The van der Waals surface area contributed by atoms with Gasteiger partial charge in [-0.25, -0.2) is 0 Å². The van der Waals surface area contributed by atoms with Gasteiger partial charge in [0.15, 0.2) is 18.8 Å². The van der Waals surface area contributed by atoms with Gasteiger partial charge in [-0.2, -0.15) is 0 Å². The quantitative estimate of drug-likeness (QED) is 0.778. The molecule has 1 N–H and O–H groups in total. The van der Waals surface area contributed by atoms with Crippen LogP contribution in [0.2, 0.25) is 0 Å². The Balaban J connectivity index is 1.87. The van der Waals surface area contributed by atoms with Crippen molar-refractivity contribution in [2.75, 3.05) is 0 Å². The predicted molar refractivity (Wildman–Crippen MR) is 121 cm³/mol. The van der Waals surface area contributed by atoms with Crippen LogP contribution < -0.4 is 0 Å². The highest BCUT2D eigenvalue weighted by Crippen LogP contribution is 2.30. The largest absolute Gasteiger partial charge is 0.508 e. The number of carbonyl (C=O) groups is 2. The maximum absolute atomic E-state index is 11.6. The van der Waals surface area contributed by atoms with Gasteiger partial charge in [-0.3, -0.25) is 9.59 Å². The van der Waals surface area contributed by atoms with Crippen molar-refractivity contribution in [1.29, 1.82) is 0 Å². The predicted octanol–water partition coefficient (Wildman–Crippen LogP) is 4.61. The highest BCUT2D eigenvalue weighted by molar-refractivity contribution is 6.79. The first kappa shape index (κ1) is 19.4. The number of carbonyl (C=O) groups excluding carboxylic acids is 2. The smallest absolute Gasteiger partial charge is 0.194 e. The summed E-state index contributed by atoms with van der Waals surface area (Å²) < 4.78 is 0. The minimum Gasteiger partial charge on any atom is -0.508 e. The van der Waals surface area contributed by atoms with Crippen LogP contribution in [0.25, 0.3) is 10.9 Å². The Morgan fingerprint density at radius 3 is 1.47 bits per heavy atom. The van der Waals surface area contributed by atoms with Gasteiger partial charge in [-0.15, -0.1) is 0 Å². The van der Waals surface area contributed by atoms with Crippen LogP contribution in [0, 0.1) is 0 Å². The van der Waals surface area contributed by atoms with Gasteiger partial charge in [-0.05, 0) is 58.7 Å². The number of benzene rings is 2. The van der Waals surface area contributed by atoms with Gasteiger partial charge in [0.2, 0.25) is 0 Å². The van der Waals surface area contributed by atoms with Crippen molar-refractivity contribution >= 4 is 29.8 Å². The van der Waals surface area contributed by atoms with Crippen LogP contribution in [0.3, 0.4) is 0 Å². The average Bonchev–Trinajstić information content (AvgIpc) is 2.78. The number of phenols is 1. The first-order valence-corrected chi connectivity index (χ1v) is 9.58. The molecule has 0 heterocycles. The highest BCUT2D eigenvalue weighted by atomic mass is 16.3. The molecule has 0 aromatic heterocycles. The maximum Gasteiger partial charge on any atom is 0.194 e. The Hall–Kier alpha value is -3.92. The fourth-order valence-corrected chi connectivity index (χ4v) is 3.34. The second kappa shape index (κ2) is 8.62. The van der Waals surface area contributed by atoms with E-state index < -0.39 is 0 Å². The molecule has 0 spiro atoms. The number of phenolic OH excluding ortho intramolecular Hbond substituents is 1. The minimum absolute atomic E-state index is 0.0417. The minimum atomic E-state index is -0.0536. The van der Waals surface area contributed by atoms with E-state index in [4.69, 9.17) is 0 Å². The molecule has 4 rings (SSSR count). The monoisotopic (exact) mass is 389 g/mol. The summed E-state index contributed by atoms with van der Waals surface area (Å²) in [6.07, 6.45) is 13.4. The zero-order chi connectivity index (χ0) is 20.9. The van der Waals surface area contributed by atoms with E-state index >= 15 is 0 Å². The number of allylic oxidation sites excluding steroid dienone is 10. The molecule has 30 heavy (non-hydrogen) atoms. The van der Waals surface area contributed by atoms with E-state index in [9.17, 15) is 14.7 Å². The highest BCUT2D eigenvalue weighted by Gasteiger charge is 2.17. The fourth-order valence-electron chi connectivity index (χ4n) is 3.34. The van der Waals surface area contributed by atoms with Crippen molar-refractivity contribution in [3.8, 4) is 5.75 Å². The molecule has 143 valence electrons. The molecule has 2 aliphatic carbocycles. The summed E-state index contributed by atoms with van der Waals surface area (Å²) >= 11 is 0. The SMILES string of the molecule is O=C1C=CC(=C([B]C(=C2C=CC(=O)C=C2)c2ccc(O)cc2)c2ccccc2)C=C1. The van der Waals surface area contributed by atoms with Crippen molar-refractivity contribution in [1.82, 2.24) is 0 Å². The van der Waals surface area contributed by atoms with Crippen LogP contribution in [0.5, 0.6) is 5.75 Å². The van der Waals surface area contributed by atoms with E-state index in [2.05, 4.69) is 7.28 Å². The number of ketones is 2. The van der Waals surface area contributed by atoms with Gasteiger partial charge in [0.05, 0.1) is 0 Å². The second-order valence-corrected chi connectivity index (χ2v) is 6.93. The lowest BCUT2D eigenvalue weighted by Crippen LogP contribution is -2.07. The molecule has 0 unspecified atom stereocenters. The van der Waals surface area contributed by atoms with Crippen LogP contribution in [-0.4, -0.2) is 24.0 Å². The fraction of sp³-hybridized carbons (Fsp3) is 0. The molecule has 0 atom stereocenters. The maximum atomic E-state index is 11.6. The molecule has 0 aliphatic heterocycles. The Bertz CT molecular complexity index is 1140. The van der Waals surface area contributed by atoms with Gasteiger partial charge in [0, 0.05) is 0 Å². The third-order valence-electron chi connectivity index (χ3n) is 4.88. The van der Waals surface area contributed by atoms with Crippen LogP contribution >= 0.6 is 0 Å². The molecule has 1 radical (unpaired) electrons. The molecule has 2 aromatic rings. The van der Waals surface area contributed by atoms with Crippen molar-refractivity contribution in [2.24, 2.45) is 0 Å². The summed E-state index contributed by atoms with van der Waals surface area (Å²) in [7, 11) is 2.06. The van der Waals surface area contributed by atoms with E-state index in [-0.39, 0.29) is 17.3 Å². The Labute approximate surface area is 176 Å². The van der Waals surface area contributed by atoms with E-state index in [1.165, 1.54) is 12.2 Å². The molecule has 2 aromatic carbocycles. The summed E-state index contributed by atoms with van der Waals surface area (Å²) in [5.41, 5.74) is 5.56. The molecule has 0 saturated heterocycles. The second-order valence-electron chi connectivity index (χ2n) is 6.93. The molecule has 0 amide bonds. The van der Waals surface area contributed by atoms with E-state index in [0.717, 1.165) is 33.2 Å². The Morgan fingerprint density at radius 2 is 1.00 bits per heavy atom. The Morgan fingerprint density at radius 1 is 0.567 bits per heavy atom. The van der Waals surface area contributed by atoms with Gasteiger partial charge in [0.1, 0.15) is 5.75 Å². The van der Waals surface area contributed by atoms with Crippen molar-refractivity contribution < 1.29 is 14.7 Å². The van der Waals surface area contributed by atoms with Gasteiger partial charge in [-0.1, -0.05) is 77.7 Å². The molecule has 3 nitrogen and oxygen atoms in total. The topological polar surface area (TPSA) is 54.4 Å². The van der Waals surface area contributed by atoms with Crippen LogP contribution in [0.4, 0.5) is 0 Å². The normalized spacial score (nSPS) is 14.9. The lowest BCUT2D eigenvalue weighted by Gasteiger charge is -2.17. The lowest BCUT2D eigenvalue weighted by atomic mass is 9.55. The first-order chi connectivity index (χ1) is 14.6. The summed E-state index contributed by atoms with van der Waals surface area (Å²) in [6.45, 7) is 0. The molecular weight excluding hydrogens is 371 g/mol. The zero-order valence-corrected chi connectivity index (χ0v) is 16.2. The van der Waals surface area contributed by atoms with E-state index in [1.54, 1.807) is 36.4 Å². The van der Waals surface area contributed by atoms with Crippen LogP contribution in [-0.2, 0) is 9.59 Å². The van der Waals surface area contributed by atoms with Crippen LogP contribution in [0.15, 0.2) is 114 Å². The molecule has 0 fully saturated rings. The van der Waals surface area contributed by atoms with Crippen molar-refractivity contribution in [3.63, 3.8) is 0 Å². The number of hydrogen-bond acceptors (Lipinski definition) is 3. The molecule has 0 bridgehead atoms. The van der Waals surface area contributed by atoms with Gasteiger partial charge in [0.25, 0.3) is 0 Å².